The van der Waals surface area contributed by atoms with Crippen LogP contribution in [0.25, 0.3) is 6.08 Å². The summed E-state index contributed by atoms with van der Waals surface area (Å²) in [7, 11) is 0. The van der Waals surface area contributed by atoms with E-state index in [-0.39, 0.29) is 17.9 Å². The molecule has 42 heavy (non-hydrogen) atoms. The minimum Gasteiger partial charge on any atom is -0.493 e. The molecule has 232 valence electrons. The van der Waals surface area contributed by atoms with E-state index < -0.39 is 11.9 Å². The van der Waals surface area contributed by atoms with Gasteiger partial charge in [-0.15, -0.1) is 0 Å². The number of rotatable bonds is 25. The van der Waals surface area contributed by atoms with Crippen LogP contribution in [0.3, 0.4) is 0 Å². The van der Waals surface area contributed by atoms with Crippen molar-refractivity contribution in [1.29, 1.82) is 0 Å². The van der Waals surface area contributed by atoms with E-state index in [4.69, 9.17) is 9.84 Å². The molecule has 5 heteroatoms. The summed E-state index contributed by atoms with van der Waals surface area (Å²) in [5.74, 6) is -0.588. The van der Waals surface area contributed by atoms with Crippen LogP contribution in [-0.4, -0.2) is 28.8 Å². The first kappa shape index (κ1) is 35.1. The number of para-hydroxylation sites is 1. The summed E-state index contributed by atoms with van der Waals surface area (Å²) in [6.45, 7) is 2.99. The largest absolute Gasteiger partial charge is 0.493 e. The van der Waals surface area contributed by atoms with Gasteiger partial charge in [-0.05, 0) is 55.4 Å². The van der Waals surface area contributed by atoms with E-state index in [0.717, 1.165) is 49.2 Å². The Bertz CT molecular complexity index is 1030. The molecule has 0 heterocycles. The first-order valence-corrected chi connectivity index (χ1v) is 16.4. The van der Waals surface area contributed by atoms with E-state index in [1.165, 1.54) is 77.0 Å². The maximum absolute atomic E-state index is 11.2. The van der Waals surface area contributed by atoms with Gasteiger partial charge in [-0.2, -0.15) is 0 Å². The molecule has 0 saturated heterocycles. The lowest BCUT2D eigenvalue weighted by Crippen LogP contribution is -2.04. The zero-order valence-corrected chi connectivity index (χ0v) is 25.9. The van der Waals surface area contributed by atoms with Gasteiger partial charge in [-0.1, -0.05) is 133 Å². The van der Waals surface area contributed by atoms with Gasteiger partial charge in [0.05, 0.1) is 12.2 Å². The summed E-state index contributed by atoms with van der Waals surface area (Å²) >= 11 is 0. The third-order valence-electron chi connectivity index (χ3n) is 7.89. The number of carboxylic acid groups (broad SMARTS) is 2. The molecule has 2 rings (SSSR count). The zero-order chi connectivity index (χ0) is 30.3. The van der Waals surface area contributed by atoms with Crippen LogP contribution in [0.2, 0.25) is 0 Å². The average Bonchev–Trinajstić information content (AvgIpc) is 2.98. The standard InChI is InChI=1S/C37H54O5/c1-2-3-4-5-6-7-8-9-10-11-12-13-18-29-42-35-21-16-15-20-33(35)26-23-31(19-14-17-22-36(38)39)30-32-24-27-34(28-25-32)37(40)41/h15-16,20-21,23-28,31H,2-14,17-19,22,29-30H2,1H3,(H,38,39)(H,40,41). The normalized spacial score (nSPS) is 12.0. The maximum atomic E-state index is 11.2. The predicted molar refractivity (Wildman–Crippen MR) is 173 cm³/mol. The molecule has 1 atom stereocenters. The zero-order valence-electron chi connectivity index (χ0n) is 25.9. The van der Waals surface area contributed by atoms with Gasteiger partial charge in [0.15, 0.2) is 0 Å². The van der Waals surface area contributed by atoms with E-state index in [1.807, 2.05) is 30.3 Å². The number of allylic oxidation sites excluding steroid dienone is 1. The van der Waals surface area contributed by atoms with Gasteiger partial charge in [-0.25, -0.2) is 4.79 Å². The Labute approximate surface area is 254 Å². The van der Waals surface area contributed by atoms with Gasteiger partial charge in [-0.3, -0.25) is 4.79 Å². The molecule has 0 fully saturated rings. The van der Waals surface area contributed by atoms with Crippen molar-refractivity contribution in [1.82, 2.24) is 0 Å². The number of unbranched alkanes of at least 4 members (excludes halogenated alkanes) is 13. The highest BCUT2D eigenvalue weighted by Gasteiger charge is 2.10. The lowest BCUT2D eigenvalue weighted by molar-refractivity contribution is -0.137. The van der Waals surface area contributed by atoms with Crippen molar-refractivity contribution in [3.8, 4) is 5.75 Å². The highest BCUT2D eigenvalue weighted by Crippen LogP contribution is 2.24. The quantitative estimate of drug-likeness (QED) is 0.115. The minimum absolute atomic E-state index is 0.180. The van der Waals surface area contributed by atoms with Gasteiger partial charge in [0.1, 0.15) is 5.75 Å². The smallest absolute Gasteiger partial charge is 0.335 e. The fourth-order valence-corrected chi connectivity index (χ4v) is 5.33. The lowest BCUT2D eigenvalue weighted by Gasteiger charge is -2.14. The summed E-state index contributed by atoms with van der Waals surface area (Å²) < 4.78 is 6.18. The Kier molecular flexibility index (Phi) is 18.8. The highest BCUT2D eigenvalue weighted by atomic mass is 16.5. The minimum atomic E-state index is -0.929. The molecule has 0 aromatic heterocycles. The second kappa shape index (κ2) is 22.5. The Morgan fingerprint density at radius 3 is 1.93 bits per heavy atom. The Morgan fingerprint density at radius 1 is 0.738 bits per heavy atom. The molecule has 0 saturated carbocycles. The third-order valence-corrected chi connectivity index (χ3v) is 7.89. The summed E-state index contributed by atoms with van der Waals surface area (Å²) in [5.41, 5.74) is 2.39. The molecule has 0 aliphatic carbocycles. The molecular formula is C37H54O5. The average molecular weight is 579 g/mol. The van der Waals surface area contributed by atoms with E-state index >= 15 is 0 Å². The summed E-state index contributed by atoms with van der Waals surface area (Å²) in [5, 5.41) is 18.2. The van der Waals surface area contributed by atoms with Crippen LogP contribution in [0.4, 0.5) is 0 Å². The van der Waals surface area contributed by atoms with Crippen molar-refractivity contribution >= 4 is 18.0 Å². The fourth-order valence-electron chi connectivity index (χ4n) is 5.33. The fraction of sp³-hybridized carbons (Fsp3) is 0.568. The van der Waals surface area contributed by atoms with E-state index in [2.05, 4.69) is 25.1 Å². The van der Waals surface area contributed by atoms with Crippen LogP contribution in [0, 0.1) is 5.92 Å². The number of carbonyl (C=O) groups is 2. The third kappa shape index (κ3) is 16.4. The number of ether oxygens (including phenoxy) is 1. The van der Waals surface area contributed by atoms with Gasteiger partial charge < -0.3 is 14.9 Å². The first-order chi connectivity index (χ1) is 20.5. The van der Waals surface area contributed by atoms with Crippen LogP contribution in [0.5, 0.6) is 5.75 Å². The molecule has 0 bridgehead atoms. The molecule has 2 aromatic rings. The predicted octanol–water partition coefficient (Wildman–Crippen LogP) is 10.4. The van der Waals surface area contributed by atoms with E-state index in [0.29, 0.717) is 6.42 Å². The summed E-state index contributed by atoms with van der Waals surface area (Å²) in [4.78, 5) is 22.1. The van der Waals surface area contributed by atoms with Crippen LogP contribution in [0.1, 0.15) is 138 Å². The van der Waals surface area contributed by atoms with Gasteiger partial charge in [0.2, 0.25) is 0 Å². The van der Waals surface area contributed by atoms with Gasteiger partial charge in [0, 0.05) is 12.0 Å². The van der Waals surface area contributed by atoms with Crippen molar-refractivity contribution in [2.75, 3.05) is 6.61 Å². The van der Waals surface area contributed by atoms with Crippen LogP contribution in [0.15, 0.2) is 54.6 Å². The van der Waals surface area contributed by atoms with Gasteiger partial charge >= 0.3 is 11.9 Å². The molecule has 0 radical (unpaired) electrons. The Hall–Kier alpha value is -3.08. The number of carboxylic acids is 2. The van der Waals surface area contributed by atoms with E-state index in [1.54, 1.807) is 12.1 Å². The summed E-state index contributed by atoms with van der Waals surface area (Å²) in [6, 6.07) is 15.1. The second-order valence-corrected chi connectivity index (χ2v) is 11.6. The highest BCUT2D eigenvalue weighted by molar-refractivity contribution is 5.87. The number of hydrogen-bond donors (Lipinski definition) is 2. The van der Waals surface area contributed by atoms with Gasteiger partial charge in [0.25, 0.3) is 0 Å². The molecule has 5 nitrogen and oxygen atoms in total. The van der Waals surface area contributed by atoms with Crippen LogP contribution >= 0.6 is 0 Å². The first-order valence-electron chi connectivity index (χ1n) is 16.4. The van der Waals surface area contributed by atoms with E-state index in [9.17, 15) is 14.7 Å². The molecule has 0 spiro atoms. The Morgan fingerprint density at radius 2 is 1.33 bits per heavy atom. The molecular weight excluding hydrogens is 524 g/mol. The lowest BCUT2D eigenvalue weighted by atomic mass is 9.92. The van der Waals surface area contributed by atoms with Crippen molar-refractivity contribution in [2.45, 2.75) is 122 Å². The number of aromatic carboxylic acids is 1. The number of aliphatic carboxylic acids is 1. The topological polar surface area (TPSA) is 83.8 Å². The number of benzene rings is 2. The summed E-state index contributed by atoms with van der Waals surface area (Å²) in [6.07, 6.45) is 24.9. The monoisotopic (exact) mass is 578 g/mol. The Balaban J connectivity index is 1.77. The van der Waals surface area contributed by atoms with Crippen LogP contribution in [-0.2, 0) is 11.2 Å². The molecule has 0 aliphatic rings. The SMILES string of the molecule is CCCCCCCCCCCCCCCOc1ccccc1C=CC(CCCCC(=O)O)Cc1ccc(C(=O)O)cc1. The second-order valence-electron chi connectivity index (χ2n) is 11.6. The van der Waals surface area contributed by atoms with Crippen molar-refractivity contribution in [3.05, 3.63) is 71.3 Å². The molecule has 1 unspecified atom stereocenters. The maximum Gasteiger partial charge on any atom is 0.335 e. The van der Waals surface area contributed by atoms with Crippen LogP contribution < -0.4 is 4.74 Å². The molecule has 2 aromatic carbocycles. The van der Waals surface area contributed by atoms with Crippen molar-refractivity contribution in [2.24, 2.45) is 5.92 Å². The molecule has 2 N–H and O–H groups in total. The van der Waals surface area contributed by atoms with Crippen molar-refractivity contribution in [3.63, 3.8) is 0 Å². The van der Waals surface area contributed by atoms with Crippen molar-refractivity contribution < 1.29 is 24.5 Å². The number of hydrogen-bond acceptors (Lipinski definition) is 3. The molecule has 0 aliphatic heterocycles. The molecule has 0 amide bonds.